The average Bonchev–Trinajstić information content (AvgIpc) is 3.39. The fraction of sp³-hybridized carbons (Fsp3) is 0.364. The van der Waals surface area contributed by atoms with Crippen LogP contribution in [-0.2, 0) is 6.42 Å². The van der Waals surface area contributed by atoms with Gasteiger partial charge in [0, 0.05) is 35.3 Å². The normalized spacial score (nSPS) is 13.7. The first-order valence-electron chi connectivity index (χ1n) is 15.3. The summed E-state index contributed by atoms with van der Waals surface area (Å²) in [6, 6.07) is 11.3. The van der Waals surface area contributed by atoms with E-state index in [1.807, 2.05) is 26.0 Å². The van der Waals surface area contributed by atoms with Crippen LogP contribution < -0.4 is 32.5 Å². The molecular formula is C33H40F4N8O2. The summed E-state index contributed by atoms with van der Waals surface area (Å²) in [5, 5.41) is 14.3. The Balaban J connectivity index is 1.56. The highest BCUT2D eigenvalue weighted by molar-refractivity contribution is 5.83. The maximum Gasteiger partial charge on any atom is 0.573 e. The molecule has 4 aromatic rings. The van der Waals surface area contributed by atoms with E-state index in [9.17, 15) is 18.0 Å². The summed E-state index contributed by atoms with van der Waals surface area (Å²) < 4.78 is 60.0. The summed E-state index contributed by atoms with van der Waals surface area (Å²) in [6.07, 6.45) is 1.22. The Bertz CT molecular complexity index is 1750. The van der Waals surface area contributed by atoms with Gasteiger partial charge in [0.15, 0.2) is 17.5 Å². The van der Waals surface area contributed by atoms with Crippen LogP contribution in [0.15, 0.2) is 66.1 Å². The van der Waals surface area contributed by atoms with Crippen molar-refractivity contribution in [2.24, 2.45) is 11.5 Å². The number of aromatic nitrogens is 3. The Labute approximate surface area is 269 Å². The lowest BCUT2D eigenvalue weighted by molar-refractivity contribution is -0.275. The van der Waals surface area contributed by atoms with Crippen LogP contribution in [0.2, 0.25) is 0 Å². The monoisotopic (exact) mass is 656 g/mol. The van der Waals surface area contributed by atoms with E-state index in [0.717, 1.165) is 18.1 Å². The van der Waals surface area contributed by atoms with Gasteiger partial charge >= 0.3 is 12.1 Å². The van der Waals surface area contributed by atoms with Gasteiger partial charge in [-0.05, 0) is 94.0 Å². The lowest BCUT2D eigenvalue weighted by atomic mass is 10.0. The Kier molecular flexibility index (Phi) is 11.4. The molecule has 0 fully saturated rings. The molecule has 0 saturated carbocycles. The summed E-state index contributed by atoms with van der Waals surface area (Å²) in [5.41, 5.74) is 12.8. The number of aryl methyl sites for hydroxylation is 1. The molecule has 0 saturated heterocycles. The standard InChI is InChI=1S/C33H40F4N8O2/c1-4-6-24(42-31(39)40)13-14-41-20(3)22-9-11-25(12-10-22)45-18-23-17-27(43-30(23)44-32(45)46)26-15-21(8-5-7-19(2)38)16-28(29(26)34)47-33(35,36)37/h4,9-12,15-20,24,41H,1,5-8,13-14,38H2,2-3H3,(H4,39,40,42)(H,43,44,46)/t19-,20-,24-/m0/s1. The zero-order valence-corrected chi connectivity index (χ0v) is 26.3. The first-order chi connectivity index (χ1) is 22.2. The quantitative estimate of drug-likeness (QED) is 0.0423. The second-order valence-electron chi connectivity index (χ2n) is 11.6. The number of hydrogen-bond acceptors (Lipinski definition) is 6. The number of guanidine groups is 1. The van der Waals surface area contributed by atoms with Crippen molar-refractivity contribution in [3.8, 4) is 22.7 Å². The third-order valence-corrected chi connectivity index (χ3v) is 7.67. The number of nitrogens with two attached hydrogens (primary N) is 2. The predicted molar refractivity (Wildman–Crippen MR) is 175 cm³/mol. The number of aromatic amines is 1. The van der Waals surface area contributed by atoms with E-state index >= 15 is 4.39 Å². The highest BCUT2D eigenvalue weighted by Gasteiger charge is 2.33. The van der Waals surface area contributed by atoms with Gasteiger partial charge < -0.3 is 31.8 Å². The van der Waals surface area contributed by atoms with E-state index < -0.39 is 23.6 Å². The van der Waals surface area contributed by atoms with Crippen LogP contribution in [-0.4, -0.2) is 45.5 Å². The first-order valence-corrected chi connectivity index (χ1v) is 15.3. The molecule has 0 radical (unpaired) electrons. The molecule has 0 aliphatic carbocycles. The maximum atomic E-state index is 15.4. The molecule has 3 atom stereocenters. The number of H-pyrrole nitrogens is 1. The smallest absolute Gasteiger partial charge is 0.403 e. The second-order valence-corrected chi connectivity index (χ2v) is 11.6. The van der Waals surface area contributed by atoms with E-state index in [2.05, 4.69) is 31.9 Å². The SMILES string of the molecule is C=CC[C@@H](CCN[C@@H](C)c1ccc(-n2cc3cc(-c4cc(CCC[C@H](C)N)cc(OC(F)(F)F)c4F)[nH]c3nc2=O)cc1)NC(=N)N. The van der Waals surface area contributed by atoms with Crippen molar-refractivity contribution in [1.82, 2.24) is 25.2 Å². The van der Waals surface area contributed by atoms with E-state index in [1.165, 1.54) is 16.7 Å². The largest absolute Gasteiger partial charge is 0.573 e. The van der Waals surface area contributed by atoms with Gasteiger partial charge in [-0.25, -0.2) is 9.18 Å². The molecular weight excluding hydrogens is 616 g/mol. The molecule has 4 rings (SSSR count). The molecule has 0 bridgehead atoms. The molecule has 2 heterocycles. The number of ether oxygens (including phenoxy) is 1. The predicted octanol–water partition coefficient (Wildman–Crippen LogP) is 5.56. The minimum absolute atomic E-state index is 0.00345. The number of nitrogens with zero attached hydrogens (tertiary/aromatic N) is 2. The van der Waals surface area contributed by atoms with Crippen molar-refractivity contribution < 1.29 is 22.3 Å². The number of hydrogen-bond donors (Lipinski definition) is 6. The summed E-state index contributed by atoms with van der Waals surface area (Å²) in [6.45, 7) is 8.25. The first kappa shape index (κ1) is 35.2. The Morgan fingerprint density at radius 1 is 1.19 bits per heavy atom. The zero-order chi connectivity index (χ0) is 34.3. The zero-order valence-electron chi connectivity index (χ0n) is 26.3. The van der Waals surface area contributed by atoms with Crippen LogP contribution >= 0.6 is 0 Å². The van der Waals surface area contributed by atoms with Crippen LogP contribution in [0.25, 0.3) is 28.0 Å². The Hall–Kier alpha value is -4.69. The van der Waals surface area contributed by atoms with E-state index in [0.29, 0.717) is 48.9 Å². The topological polar surface area (TPSA) is 160 Å². The molecule has 252 valence electrons. The lowest BCUT2D eigenvalue weighted by Crippen LogP contribution is -2.40. The number of halogens is 4. The number of rotatable bonds is 15. The second kappa shape index (κ2) is 15.3. The summed E-state index contributed by atoms with van der Waals surface area (Å²) in [7, 11) is 0. The number of benzene rings is 2. The number of fused-ring (bicyclic) bond motifs is 1. The molecule has 2 aromatic carbocycles. The Morgan fingerprint density at radius 3 is 2.55 bits per heavy atom. The minimum atomic E-state index is -5.08. The van der Waals surface area contributed by atoms with Crippen molar-refractivity contribution in [2.45, 2.75) is 70.4 Å². The molecule has 14 heteroatoms. The number of nitrogens with one attached hydrogen (secondary N) is 4. The maximum absolute atomic E-state index is 15.4. The summed E-state index contributed by atoms with van der Waals surface area (Å²) >= 11 is 0. The van der Waals surface area contributed by atoms with E-state index in [1.54, 1.807) is 24.4 Å². The van der Waals surface area contributed by atoms with Gasteiger partial charge in [0.2, 0.25) is 0 Å². The van der Waals surface area contributed by atoms with Crippen LogP contribution in [0.1, 0.15) is 56.7 Å². The van der Waals surface area contributed by atoms with Gasteiger partial charge in [0.1, 0.15) is 5.65 Å². The third kappa shape index (κ3) is 9.66. The Morgan fingerprint density at radius 2 is 1.91 bits per heavy atom. The third-order valence-electron chi connectivity index (χ3n) is 7.67. The molecule has 10 nitrogen and oxygen atoms in total. The van der Waals surface area contributed by atoms with Gasteiger partial charge in [0.05, 0.1) is 11.4 Å². The van der Waals surface area contributed by atoms with Crippen molar-refractivity contribution in [3.63, 3.8) is 0 Å². The molecule has 0 spiro atoms. The average molecular weight is 657 g/mol. The van der Waals surface area contributed by atoms with Crippen LogP contribution in [0, 0.1) is 11.2 Å². The molecule has 0 unspecified atom stereocenters. The van der Waals surface area contributed by atoms with Gasteiger partial charge in [-0.1, -0.05) is 18.2 Å². The van der Waals surface area contributed by atoms with Gasteiger partial charge in [-0.15, -0.1) is 19.8 Å². The van der Waals surface area contributed by atoms with Crippen molar-refractivity contribution in [3.05, 3.63) is 88.7 Å². The van der Waals surface area contributed by atoms with Gasteiger partial charge in [-0.3, -0.25) is 9.98 Å². The molecule has 47 heavy (non-hydrogen) atoms. The number of alkyl halides is 3. The minimum Gasteiger partial charge on any atom is -0.403 e. The highest BCUT2D eigenvalue weighted by Crippen LogP contribution is 2.35. The summed E-state index contributed by atoms with van der Waals surface area (Å²) in [5.74, 6) is -2.22. The van der Waals surface area contributed by atoms with Crippen LogP contribution in [0.3, 0.4) is 0 Å². The van der Waals surface area contributed by atoms with Crippen molar-refractivity contribution >= 4 is 17.0 Å². The lowest BCUT2D eigenvalue weighted by Gasteiger charge is -2.20. The molecule has 0 aliphatic heterocycles. The highest BCUT2D eigenvalue weighted by atomic mass is 19.4. The molecule has 8 N–H and O–H groups in total. The van der Waals surface area contributed by atoms with Crippen molar-refractivity contribution in [1.29, 1.82) is 5.41 Å². The van der Waals surface area contributed by atoms with Gasteiger partial charge in [-0.2, -0.15) is 4.98 Å². The fourth-order valence-electron chi connectivity index (χ4n) is 5.33. The van der Waals surface area contributed by atoms with Crippen LogP contribution in [0.4, 0.5) is 17.6 Å². The molecule has 0 aliphatic rings. The molecule has 0 amide bonds. The van der Waals surface area contributed by atoms with Gasteiger partial charge in [0.25, 0.3) is 0 Å². The molecule has 2 aromatic heterocycles. The van der Waals surface area contributed by atoms with E-state index in [-0.39, 0.29) is 41.0 Å². The van der Waals surface area contributed by atoms with E-state index in [4.69, 9.17) is 16.9 Å². The van der Waals surface area contributed by atoms with Crippen molar-refractivity contribution in [2.75, 3.05) is 6.54 Å². The summed E-state index contributed by atoms with van der Waals surface area (Å²) in [4.78, 5) is 20.0. The fourth-order valence-corrected chi connectivity index (χ4v) is 5.33. The van der Waals surface area contributed by atoms with Crippen LogP contribution in [0.5, 0.6) is 5.75 Å².